The van der Waals surface area contributed by atoms with Crippen LogP contribution in [0.25, 0.3) is 11.0 Å². The van der Waals surface area contributed by atoms with E-state index in [1.54, 1.807) is 25.1 Å². The van der Waals surface area contributed by atoms with E-state index in [2.05, 4.69) is 0 Å². The second-order valence-corrected chi connectivity index (χ2v) is 6.12. The number of nitrogens with zero attached hydrogens (tertiary/aromatic N) is 1. The fourth-order valence-corrected chi connectivity index (χ4v) is 2.83. The van der Waals surface area contributed by atoms with Gasteiger partial charge in [-0.25, -0.2) is 4.79 Å². The van der Waals surface area contributed by atoms with Gasteiger partial charge in [0.2, 0.25) is 11.7 Å². The Balaban J connectivity index is 1.86. The molecule has 27 heavy (non-hydrogen) atoms. The van der Waals surface area contributed by atoms with Gasteiger partial charge in [-0.05, 0) is 25.1 Å². The van der Waals surface area contributed by atoms with Gasteiger partial charge in [0.05, 0.1) is 15.5 Å². The number of primary amides is 1. The number of ether oxygens (including phenoxy) is 1. The van der Waals surface area contributed by atoms with E-state index in [4.69, 9.17) is 26.5 Å². The van der Waals surface area contributed by atoms with E-state index in [1.165, 1.54) is 12.1 Å². The zero-order valence-corrected chi connectivity index (χ0v) is 14.8. The molecular weight excluding hydrogens is 376 g/mol. The summed E-state index contributed by atoms with van der Waals surface area (Å²) >= 11 is 6.06. The highest BCUT2D eigenvalue weighted by atomic mass is 35.5. The number of nitro benzene ring substituents is 1. The van der Waals surface area contributed by atoms with E-state index in [-0.39, 0.29) is 29.2 Å². The van der Waals surface area contributed by atoms with Crippen molar-refractivity contribution in [3.63, 3.8) is 0 Å². The van der Waals surface area contributed by atoms with Crippen molar-refractivity contribution in [1.29, 1.82) is 0 Å². The maximum atomic E-state index is 12.4. The van der Waals surface area contributed by atoms with Crippen molar-refractivity contribution in [1.82, 2.24) is 0 Å². The molecule has 0 aliphatic heterocycles. The van der Waals surface area contributed by atoms with Crippen LogP contribution in [0.5, 0.6) is 0 Å². The van der Waals surface area contributed by atoms with E-state index in [9.17, 15) is 19.7 Å². The number of furan rings is 1. The van der Waals surface area contributed by atoms with E-state index in [0.717, 1.165) is 6.07 Å². The number of hydrogen-bond donors (Lipinski definition) is 1. The molecule has 138 valence electrons. The molecule has 0 radical (unpaired) electrons. The predicted molar refractivity (Wildman–Crippen MR) is 96.7 cm³/mol. The van der Waals surface area contributed by atoms with Gasteiger partial charge in [-0.3, -0.25) is 14.9 Å². The van der Waals surface area contributed by atoms with E-state index >= 15 is 0 Å². The predicted octanol–water partition coefficient (Wildman–Crippen LogP) is 3.76. The SMILES string of the molecule is Cc1c(C(=O)OCc2ccc(C(N)=O)cc2[N+](=O)[O-])oc2c(Cl)cccc12. The fraction of sp³-hybridized carbons (Fsp3) is 0.111. The Morgan fingerprint density at radius 3 is 2.67 bits per heavy atom. The Morgan fingerprint density at radius 1 is 1.30 bits per heavy atom. The first kappa shape index (κ1) is 18.4. The number of fused-ring (bicyclic) bond motifs is 1. The van der Waals surface area contributed by atoms with E-state index in [1.807, 2.05) is 0 Å². The molecule has 0 saturated carbocycles. The summed E-state index contributed by atoms with van der Waals surface area (Å²) in [5.41, 5.74) is 5.77. The van der Waals surface area contributed by atoms with Crippen LogP contribution < -0.4 is 5.73 Å². The third kappa shape index (κ3) is 3.47. The maximum absolute atomic E-state index is 12.4. The molecule has 0 spiro atoms. The largest absolute Gasteiger partial charge is 0.455 e. The minimum atomic E-state index is -0.795. The van der Waals surface area contributed by atoms with Crippen molar-refractivity contribution >= 4 is 40.1 Å². The van der Waals surface area contributed by atoms with Crippen LogP contribution in [-0.4, -0.2) is 16.8 Å². The number of aryl methyl sites for hydroxylation is 1. The number of nitro groups is 1. The first-order valence-electron chi connectivity index (χ1n) is 7.71. The third-order valence-corrected chi connectivity index (χ3v) is 4.32. The Kier molecular flexibility index (Phi) is 4.83. The summed E-state index contributed by atoms with van der Waals surface area (Å²) in [6, 6.07) is 8.79. The highest BCUT2D eigenvalue weighted by molar-refractivity contribution is 6.35. The first-order chi connectivity index (χ1) is 12.8. The van der Waals surface area contributed by atoms with Gasteiger partial charge < -0.3 is 14.9 Å². The van der Waals surface area contributed by atoms with Crippen LogP contribution in [0.4, 0.5) is 5.69 Å². The zero-order valence-electron chi connectivity index (χ0n) is 14.0. The van der Waals surface area contributed by atoms with Crippen molar-refractivity contribution < 1.29 is 23.7 Å². The number of rotatable bonds is 5. The maximum Gasteiger partial charge on any atom is 0.374 e. The minimum absolute atomic E-state index is 0.0143. The molecule has 2 N–H and O–H groups in total. The monoisotopic (exact) mass is 388 g/mol. The number of halogens is 1. The molecule has 0 atom stereocenters. The van der Waals surface area contributed by atoms with Gasteiger partial charge in [-0.1, -0.05) is 23.7 Å². The molecule has 3 rings (SSSR count). The smallest absolute Gasteiger partial charge is 0.374 e. The molecule has 0 aliphatic carbocycles. The molecule has 3 aromatic rings. The summed E-state index contributed by atoms with van der Waals surface area (Å²) < 4.78 is 10.7. The second kappa shape index (κ2) is 7.08. The number of carbonyl (C=O) groups is 2. The normalized spacial score (nSPS) is 10.7. The number of benzene rings is 2. The Labute approximate surface area is 157 Å². The van der Waals surface area contributed by atoms with Gasteiger partial charge in [-0.2, -0.15) is 0 Å². The minimum Gasteiger partial charge on any atom is -0.455 e. The average Bonchev–Trinajstić information content (AvgIpc) is 2.98. The van der Waals surface area contributed by atoms with Gasteiger partial charge in [0.1, 0.15) is 6.61 Å². The summed E-state index contributed by atoms with van der Waals surface area (Å²) in [6.07, 6.45) is 0. The lowest BCUT2D eigenvalue weighted by atomic mass is 10.1. The van der Waals surface area contributed by atoms with Crippen LogP contribution in [0.2, 0.25) is 5.02 Å². The van der Waals surface area contributed by atoms with Gasteiger partial charge in [0, 0.05) is 22.6 Å². The van der Waals surface area contributed by atoms with Crippen molar-refractivity contribution in [2.75, 3.05) is 0 Å². The summed E-state index contributed by atoms with van der Waals surface area (Å²) in [7, 11) is 0. The Morgan fingerprint density at radius 2 is 2.04 bits per heavy atom. The second-order valence-electron chi connectivity index (χ2n) is 5.71. The first-order valence-corrected chi connectivity index (χ1v) is 8.09. The lowest BCUT2D eigenvalue weighted by molar-refractivity contribution is -0.385. The third-order valence-electron chi connectivity index (χ3n) is 4.03. The standard InChI is InChI=1S/C18H13ClN2O6/c1-9-12-3-2-4-13(19)16(12)27-15(9)18(23)26-8-11-6-5-10(17(20)22)7-14(11)21(24)25/h2-7H,8H2,1H3,(H2,20,22). The molecule has 1 heterocycles. The number of para-hydroxylation sites is 1. The summed E-state index contributed by atoms with van der Waals surface area (Å²) in [6.45, 7) is 1.31. The molecule has 9 heteroatoms. The molecular formula is C18H13ClN2O6. The Hall–Kier alpha value is -3.39. The molecule has 8 nitrogen and oxygen atoms in total. The van der Waals surface area contributed by atoms with Crippen LogP contribution in [-0.2, 0) is 11.3 Å². The summed E-state index contributed by atoms with van der Waals surface area (Å²) in [5, 5.41) is 12.2. The molecule has 0 saturated heterocycles. The van der Waals surface area contributed by atoms with Crippen LogP contribution >= 0.6 is 11.6 Å². The van der Waals surface area contributed by atoms with Gasteiger partial charge in [0.15, 0.2) is 5.58 Å². The topological polar surface area (TPSA) is 126 Å². The van der Waals surface area contributed by atoms with Crippen molar-refractivity contribution in [2.24, 2.45) is 5.73 Å². The van der Waals surface area contributed by atoms with E-state index < -0.39 is 16.8 Å². The lowest BCUT2D eigenvalue weighted by Crippen LogP contribution is -2.12. The number of nitrogens with two attached hydrogens (primary N) is 1. The number of hydrogen-bond acceptors (Lipinski definition) is 6. The fourth-order valence-electron chi connectivity index (χ4n) is 2.62. The molecule has 1 aromatic heterocycles. The lowest BCUT2D eigenvalue weighted by Gasteiger charge is -2.06. The average molecular weight is 389 g/mol. The van der Waals surface area contributed by atoms with Gasteiger partial charge in [-0.15, -0.1) is 0 Å². The van der Waals surface area contributed by atoms with Crippen molar-refractivity contribution in [2.45, 2.75) is 13.5 Å². The molecule has 1 amide bonds. The van der Waals surface area contributed by atoms with E-state index in [0.29, 0.717) is 21.6 Å². The highest BCUT2D eigenvalue weighted by Gasteiger charge is 2.22. The van der Waals surface area contributed by atoms with Gasteiger partial charge >= 0.3 is 5.97 Å². The summed E-state index contributed by atoms with van der Waals surface area (Å²) in [5.74, 6) is -1.61. The van der Waals surface area contributed by atoms with Crippen LogP contribution in [0, 0.1) is 17.0 Å². The molecule has 0 aliphatic rings. The number of amides is 1. The molecule has 0 fully saturated rings. The van der Waals surface area contributed by atoms with Crippen molar-refractivity contribution in [3.05, 3.63) is 74.0 Å². The quantitative estimate of drug-likeness (QED) is 0.403. The molecule has 0 bridgehead atoms. The molecule has 2 aromatic carbocycles. The van der Waals surface area contributed by atoms with Crippen LogP contribution in [0.3, 0.4) is 0 Å². The number of esters is 1. The molecule has 0 unspecified atom stereocenters. The zero-order chi connectivity index (χ0) is 19.7. The highest BCUT2D eigenvalue weighted by Crippen LogP contribution is 2.31. The summed E-state index contributed by atoms with van der Waals surface area (Å²) in [4.78, 5) is 34.1. The Bertz CT molecular complexity index is 1090. The number of carbonyl (C=O) groups excluding carboxylic acids is 2. The van der Waals surface area contributed by atoms with Gasteiger partial charge in [0.25, 0.3) is 5.69 Å². The van der Waals surface area contributed by atoms with Crippen LogP contribution in [0.15, 0.2) is 40.8 Å². The van der Waals surface area contributed by atoms with Crippen LogP contribution in [0.1, 0.15) is 32.0 Å². The van der Waals surface area contributed by atoms with Crippen molar-refractivity contribution in [3.8, 4) is 0 Å².